The van der Waals surface area contributed by atoms with E-state index in [9.17, 15) is 23.9 Å². The molecular formula is C21H16ClF2N3O4. The molecule has 2 aromatic carbocycles. The van der Waals surface area contributed by atoms with Gasteiger partial charge in [0.05, 0.1) is 16.1 Å². The summed E-state index contributed by atoms with van der Waals surface area (Å²) in [6, 6.07) is 4.70. The molecule has 4 rings (SSSR count). The van der Waals surface area contributed by atoms with Crippen LogP contribution in [-0.4, -0.2) is 38.6 Å². The van der Waals surface area contributed by atoms with E-state index in [1.165, 1.54) is 29.2 Å². The molecule has 1 aliphatic heterocycles. The molecule has 1 aliphatic rings. The van der Waals surface area contributed by atoms with Crippen LogP contribution in [0, 0.1) is 17.6 Å². The molecule has 7 nitrogen and oxygen atoms in total. The van der Waals surface area contributed by atoms with E-state index in [1.807, 2.05) is 0 Å². The van der Waals surface area contributed by atoms with E-state index in [1.54, 1.807) is 0 Å². The van der Waals surface area contributed by atoms with Gasteiger partial charge in [-0.25, -0.2) is 8.78 Å². The van der Waals surface area contributed by atoms with Gasteiger partial charge in [-0.2, -0.15) is 0 Å². The quantitative estimate of drug-likeness (QED) is 0.475. The highest BCUT2D eigenvalue weighted by Gasteiger charge is 2.31. The number of nitrogens with zero attached hydrogens (tertiary/aromatic N) is 2. The van der Waals surface area contributed by atoms with Crippen LogP contribution in [0.5, 0.6) is 5.75 Å². The number of benzene rings is 2. The molecule has 31 heavy (non-hydrogen) atoms. The van der Waals surface area contributed by atoms with Crippen molar-refractivity contribution >= 4 is 28.5 Å². The topological polar surface area (TPSA) is 95.4 Å². The van der Waals surface area contributed by atoms with Crippen LogP contribution < -0.4 is 11.1 Å². The predicted molar refractivity (Wildman–Crippen MR) is 111 cm³/mol. The molecule has 0 atom stereocenters. The highest BCUT2D eigenvalue weighted by atomic mass is 35.5. The number of aromatic amines is 1. The van der Waals surface area contributed by atoms with Gasteiger partial charge in [0.25, 0.3) is 0 Å². The van der Waals surface area contributed by atoms with E-state index in [-0.39, 0.29) is 34.4 Å². The average Bonchev–Trinajstić information content (AvgIpc) is 2.69. The van der Waals surface area contributed by atoms with Crippen LogP contribution >= 0.6 is 11.6 Å². The highest BCUT2D eigenvalue weighted by molar-refractivity contribution is 6.34. The number of hydrogen-bond acceptors (Lipinski definition) is 4. The Morgan fingerprint density at radius 2 is 2.00 bits per heavy atom. The molecule has 0 unspecified atom stereocenters. The van der Waals surface area contributed by atoms with Crippen molar-refractivity contribution in [2.24, 2.45) is 5.92 Å². The van der Waals surface area contributed by atoms with Gasteiger partial charge in [-0.3, -0.25) is 14.4 Å². The van der Waals surface area contributed by atoms with Crippen molar-refractivity contribution in [3.8, 4) is 16.9 Å². The number of carbonyl (C=O) groups excluding carboxylic acids is 1. The third-order valence-corrected chi connectivity index (χ3v) is 5.59. The second-order valence-corrected chi connectivity index (χ2v) is 7.67. The minimum atomic E-state index is -1.08. The third-order valence-electron chi connectivity index (χ3n) is 5.29. The van der Waals surface area contributed by atoms with Crippen LogP contribution in [0.1, 0.15) is 0 Å². The van der Waals surface area contributed by atoms with Crippen LogP contribution in [-0.2, 0) is 11.3 Å². The number of likely N-dealkylation sites (tertiary alicyclic amines) is 1. The van der Waals surface area contributed by atoms with Crippen molar-refractivity contribution in [2.45, 2.75) is 6.54 Å². The number of aromatic nitrogens is 2. The Kier molecular flexibility index (Phi) is 5.14. The maximum atomic E-state index is 15.4. The second kappa shape index (κ2) is 7.66. The van der Waals surface area contributed by atoms with E-state index in [2.05, 4.69) is 11.6 Å². The van der Waals surface area contributed by atoms with Crippen molar-refractivity contribution in [2.75, 3.05) is 13.1 Å². The molecule has 1 fully saturated rings. The number of rotatable bonds is 4. The van der Waals surface area contributed by atoms with Crippen LogP contribution in [0.2, 0.25) is 5.02 Å². The second-order valence-electron chi connectivity index (χ2n) is 7.26. The van der Waals surface area contributed by atoms with Crippen LogP contribution in [0.25, 0.3) is 22.2 Å². The first-order valence-electron chi connectivity index (χ1n) is 9.27. The van der Waals surface area contributed by atoms with Crippen molar-refractivity contribution in [3.05, 3.63) is 74.3 Å². The zero-order chi connectivity index (χ0) is 22.4. The fourth-order valence-electron chi connectivity index (χ4n) is 3.76. The smallest absolute Gasteiger partial charge is 0.316 e. The number of halogens is 3. The summed E-state index contributed by atoms with van der Waals surface area (Å²) in [4.78, 5) is 40.0. The van der Waals surface area contributed by atoms with Crippen molar-refractivity contribution in [1.29, 1.82) is 0 Å². The minimum absolute atomic E-state index is 0.0141. The molecule has 1 saturated heterocycles. The number of hydrogen-bond donors (Lipinski definition) is 2. The standard InChI is InChI=1S/C21H16ClF2N3O4/c1-2-15(29)26-7-10(8-26)9-27-13-6-11(22)16(17-12(23)4-3-5-14(17)28)18(24)19(13)25-20(30)21(27)31/h2-6,10,28H,1,7-9H2,(H,25,30). The molecule has 3 aromatic rings. The Hall–Kier alpha value is -3.46. The molecule has 2 N–H and O–H groups in total. The zero-order valence-corrected chi connectivity index (χ0v) is 16.7. The van der Waals surface area contributed by atoms with Gasteiger partial charge >= 0.3 is 11.1 Å². The number of fused-ring (bicyclic) bond motifs is 1. The van der Waals surface area contributed by atoms with Crippen LogP contribution in [0.15, 0.2) is 46.5 Å². The number of nitrogens with one attached hydrogen (secondary N) is 1. The summed E-state index contributed by atoms with van der Waals surface area (Å²) in [6.45, 7) is 4.17. The van der Waals surface area contributed by atoms with E-state index in [4.69, 9.17) is 11.6 Å². The lowest BCUT2D eigenvalue weighted by molar-refractivity contribution is -0.132. The summed E-state index contributed by atoms with van der Waals surface area (Å²) >= 11 is 6.23. The van der Waals surface area contributed by atoms with E-state index in [0.29, 0.717) is 13.1 Å². The van der Waals surface area contributed by atoms with Crippen molar-refractivity contribution in [3.63, 3.8) is 0 Å². The zero-order valence-electron chi connectivity index (χ0n) is 16.0. The van der Waals surface area contributed by atoms with Gasteiger partial charge < -0.3 is 19.6 Å². The van der Waals surface area contributed by atoms with Gasteiger partial charge in [0.1, 0.15) is 17.1 Å². The number of H-pyrrole nitrogens is 1. The number of carbonyl (C=O) groups is 1. The lowest BCUT2D eigenvalue weighted by Crippen LogP contribution is -2.52. The van der Waals surface area contributed by atoms with Gasteiger partial charge in [0.2, 0.25) is 5.91 Å². The summed E-state index contributed by atoms with van der Waals surface area (Å²) in [5.41, 5.74) is -3.18. The Labute approximate surface area is 178 Å². The monoisotopic (exact) mass is 447 g/mol. The van der Waals surface area contributed by atoms with Crippen LogP contribution in [0.4, 0.5) is 8.78 Å². The van der Waals surface area contributed by atoms with Crippen molar-refractivity contribution in [1.82, 2.24) is 14.5 Å². The molecule has 160 valence electrons. The Morgan fingerprint density at radius 1 is 1.29 bits per heavy atom. The Bertz CT molecular complexity index is 1340. The maximum absolute atomic E-state index is 15.4. The van der Waals surface area contributed by atoms with Crippen LogP contribution in [0.3, 0.4) is 0 Å². The van der Waals surface area contributed by atoms with Gasteiger partial charge in [-0.15, -0.1) is 0 Å². The highest BCUT2D eigenvalue weighted by Crippen LogP contribution is 2.40. The first-order valence-corrected chi connectivity index (χ1v) is 9.64. The number of amides is 1. The summed E-state index contributed by atoms with van der Waals surface area (Å²) in [7, 11) is 0. The number of phenolic OH excluding ortho intramolecular Hbond substituents is 1. The number of phenols is 1. The molecule has 10 heteroatoms. The van der Waals surface area contributed by atoms with Crippen molar-refractivity contribution < 1.29 is 18.7 Å². The average molecular weight is 448 g/mol. The first kappa shape index (κ1) is 20.8. The summed E-state index contributed by atoms with van der Waals surface area (Å²) in [5, 5.41) is 9.79. The van der Waals surface area contributed by atoms with E-state index < -0.39 is 39.6 Å². The first-order chi connectivity index (χ1) is 14.7. The fraction of sp³-hybridized carbons (Fsp3) is 0.190. The summed E-state index contributed by atoms with van der Waals surface area (Å²) < 4.78 is 30.8. The molecule has 0 spiro atoms. The molecule has 0 radical (unpaired) electrons. The molecular weight excluding hydrogens is 432 g/mol. The largest absolute Gasteiger partial charge is 0.507 e. The third kappa shape index (κ3) is 3.40. The van der Waals surface area contributed by atoms with Gasteiger partial charge in [0, 0.05) is 31.1 Å². The minimum Gasteiger partial charge on any atom is -0.507 e. The Balaban J connectivity index is 1.86. The van der Waals surface area contributed by atoms with E-state index >= 15 is 4.39 Å². The Morgan fingerprint density at radius 3 is 2.65 bits per heavy atom. The van der Waals surface area contributed by atoms with Gasteiger partial charge in [-0.1, -0.05) is 24.2 Å². The predicted octanol–water partition coefficient (Wildman–Crippen LogP) is 2.64. The van der Waals surface area contributed by atoms with Gasteiger partial charge in [0.15, 0.2) is 5.82 Å². The fourth-order valence-corrected chi connectivity index (χ4v) is 4.04. The molecule has 0 bridgehead atoms. The molecule has 1 aromatic heterocycles. The lowest BCUT2D eigenvalue weighted by atomic mass is 9.99. The molecule has 0 saturated carbocycles. The summed E-state index contributed by atoms with van der Waals surface area (Å²) in [6.07, 6.45) is 1.18. The van der Waals surface area contributed by atoms with E-state index in [0.717, 1.165) is 10.6 Å². The maximum Gasteiger partial charge on any atom is 0.316 e. The number of aromatic hydroxyl groups is 1. The molecule has 0 aliphatic carbocycles. The molecule has 1 amide bonds. The summed E-state index contributed by atoms with van der Waals surface area (Å²) in [5.74, 6) is -2.90. The van der Waals surface area contributed by atoms with Gasteiger partial charge in [-0.05, 0) is 24.3 Å². The SMILES string of the molecule is C=CC(=O)N1CC(Cn2c(=O)c(=O)[nH]c3c(F)c(-c4c(O)cccc4F)c(Cl)cc32)C1. The lowest BCUT2D eigenvalue weighted by Gasteiger charge is -2.39. The molecule has 2 heterocycles. The normalized spacial score (nSPS) is 14.0.